The molecule has 2 heterocycles. The van der Waals surface area contributed by atoms with E-state index in [1.165, 1.54) is 4.90 Å². The first kappa shape index (κ1) is 23.1. The lowest BCUT2D eigenvalue weighted by Crippen LogP contribution is -2.41. The van der Waals surface area contributed by atoms with Crippen molar-refractivity contribution in [2.75, 3.05) is 11.4 Å². The molecular weight excluding hydrogens is 464 g/mol. The monoisotopic (exact) mass is 488 g/mol. The van der Waals surface area contributed by atoms with Crippen LogP contribution in [-0.4, -0.2) is 40.4 Å². The number of hydrogen-bond donors (Lipinski definition) is 1. The summed E-state index contributed by atoms with van der Waals surface area (Å²) in [5.41, 5.74) is 3.83. The lowest BCUT2D eigenvalue weighted by atomic mass is 10.0. The number of likely N-dealkylation sites (tertiary alicyclic amines) is 1. The van der Waals surface area contributed by atoms with E-state index in [1.807, 2.05) is 59.5 Å². The second-order valence-electron chi connectivity index (χ2n) is 8.92. The van der Waals surface area contributed by atoms with Crippen LogP contribution in [0.1, 0.15) is 47.6 Å². The van der Waals surface area contributed by atoms with Gasteiger partial charge < -0.3 is 14.9 Å². The molecule has 0 bridgehead atoms. The van der Waals surface area contributed by atoms with E-state index in [9.17, 15) is 19.5 Å². The fourth-order valence-electron chi connectivity index (χ4n) is 5.18. The number of rotatable bonds is 5. The molecule has 0 saturated carbocycles. The van der Waals surface area contributed by atoms with E-state index in [2.05, 4.69) is 0 Å². The van der Waals surface area contributed by atoms with E-state index in [0.717, 1.165) is 28.8 Å². The maximum absolute atomic E-state index is 13.6. The van der Waals surface area contributed by atoms with Gasteiger partial charge in [0.25, 0.3) is 5.91 Å². The molecule has 2 saturated heterocycles. The van der Waals surface area contributed by atoms with Crippen LogP contribution in [-0.2, 0) is 9.59 Å². The second-order valence-corrected chi connectivity index (χ2v) is 9.33. The molecule has 2 amide bonds. The van der Waals surface area contributed by atoms with Crippen molar-refractivity contribution in [2.45, 2.75) is 37.8 Å². The molecule has 3 aromatic carbocycles. The van der Waals surface area contributed by atoms with Crippen molar-refractivity contribution in [1.29, 1.82) is 0 Å². The summed E-state index contributed by atoms with van der Waals surface area (Å²) in [6, 6.07) is 20.8. The first-order chi connectivity index (χ1) is 17.0. The van der Waals surface area contributed by atoms with Gasteiger partial charge in [0.1, 0.15) is 6.04 Å². The highest BCUT2D eigenvalue weighted by Gasteiger charge is 2.42. The molecule has 0 aromatic heterocycles. The van der Waals surface area contributed by atoms with Crippen LogP contribution >= 0.6 is 11.6 Å². The van der Waals surface area contributed by atoms with Crippen molar-refractivity contribution in [3.8, 4) is 11.1 Å². The number of hydrogen-bond acceptors (Lipinski definition) is 3. The van der Waals surface area contributed by atoms with E-state index in [-0.39, 0.29) is 11.8 Å². The molecule has 7 heteroatoms. The minimum atomic E-state index is -1.02. The Morgan fingerprint density at radius 3 is 2.31 bits per heavy atom. The van der Waals surface area contributed by atoms with Gasteiger partial charge >= 0.3 is 5.97 Å². The predicted molar refractivity (Wildman–Crippen MR) is 134 cm³/mol. The van der Waals surface area contributed by atoms with Crippen LogP contribution in [0.5, 0.6) is 0 Å². The summed E-state index contributed by atoms with van der Waals surface area (Å²) in [5.74, 6) is -1.24. The van der Waals surface area contributed by atoms with Crippen molar-refractivity contribution in [1.82, 2.24) is 4.90 Å². The van der Waals surface area contributed by atoms with E-state index in [0.29, 0.717) is 36.4 Å². The molecule has 2 aliphatic heterocycles. The molecule has 178 valence electrons. The van der Waals surface area contributed by atoms with Gasteiger partial charge in [-0.15, -0.1) is 0 Å². The molecule has 3 aromatic rings. The maximum atomic E-state index is 13.6. The molecule has 0 radical (unpaired) electrons. The highest BCUT2D eigenvalue weighted by Crippen LogP contribution is 2.40. The van der Waals surface area contributed by atoms with Crippen LogP contribution in [0.3, 0.4) is 0 Å². The quantitative estimate of drug-likeness (QED) is 0.509. The lowest BCUT2D eigenvalue weighted by molar-refractivity contribution is -0.141. The number of nitrogens with zero attached hydrogens (tertiary/aromatic N) is 2. The number of aliphatic carboxylic acids is 1. The lowest BCUT2D eigenvalue weighted by Gasteiger charge is -2.29. The minimum Gasteiger partial charge on any atom is -0.480 e. The molecule has 0 spiro atoms. The third-order valence-electron chi connectivity index (χ3n) is 6.88. The second kappa shape index (κ2) is 9.55. The van der Waals surface area contributed by atoms with E-state index in [4.69, 9.17) is 11.6 Å². The fourth-order valence-corrected chi connectivity index (χ4v) is 5.45. The number of carbonyl (C=O) groups excluding carboxylic acids is 2. The smallest absolute Gasteiger partial charge is 0.326 e. The van der Waals surface area contributed by atoms with Crippen molar-refractivity contribution in [3.05, 3.63) is 88.9 Å². The highest BCUT2D eigenvalue weighted by molar-refractivity contribution is 6.31. The number of para-hydroxylation sites is 1. The Morgan fingerprint density at radius 1 is 0.914 bits per heavy atom. The minimum absolute atomic E-state index is 0.114. The summed E-state index contributed by atoms with van der Waals surface area (Å²) in [4.78, 5) is 41.2. The van der Waals surface area contributed by atoms with Crippen LogP contribution < -0.4 is 4.90 Å². The van der Waals surface area contributed by atoms with Crippen LogP contribution in [0.25, 0.3) is 11.1 Å². The largest absolute Gasteiger partial charge is 0.480 e. The van der Waals surface area contributed by atoms with Crippen LogP contribution in [0, 0.1) is 0 Å². The summed E-state index contributed by atoms with van der Waals surface area (Å²) in [7, 11) is 0. The third kappa shape index (κ3) is 4.30. The molecule has 35 heavy (non-hydrogen) atoms. The van der Waals surface area contributed by atoms with Crippen molar-refractivity contribution in [2.24, 2.45) is 0 Å². The Morgan fingerprint density at radius 2 is 1.63 bits per heavy atom. The van der Waals surface area contributed by atoms with Gasteiger partial charge in [-0.1, -0.05) is 60.1 Å². The van der Waals surface area contributed by atoms with Crippen LogP contribution in [0.15, 0.2) is 72.8 Å². The third-order valence-corrected chi connectivity index (χ3v) is 7.22. The Balaban J connectivity index is 1.46. The van der Waals surface area contributed by atoms with E-state index >= 15 is 0 Å². The Bertz CT molecular complexity index is 1290. The average Bonchev–Trinajstić information content (AvgIpc) is 3.50. The van der Waals surface area contributed by atoms with Gasteiger partial charge in [0.15, 0.2) is 0 Å². The molecule has 6 nitrogen and oxygen atoms in total. The van der Waals surface area contributed by atoms with Crippen LogP contribution in [0.4, 0.5) is 5.69 Å². The summed E-state index contributed by atoms with van der Waals surface area (Å²) in [5, 5.41) is 10.3. The number of anilines is 1. The summed E-state index contributed by atoms with van der Waals surface area (Å²) in [6.45, 7) is 0.696. The van der Waals surface area contributed by atoms with Gasteiger partial charge in [0.2, 0.25) is 5.91 Å². The zero-order valence-corrected chi connectivity index (χ0v) is 19.8. The number of carbonyl (C=O) groups is 3. The fraction of sp³-hybridized carbons (Fsp3) is 0.250. The molecule has 2 fully saturated rings. The first-order valence-electron chi connectivity index (χ1n) is 11.8. The molecule has 1 N–H and O–H groups in total. The van der Waals surface area contributed by atoms with Gasteiger partial charge in [0, 0.05) is 29.1 Å². The Hall–Kier alpha value is -3.64. The summed E-state index contributed by atoms with van der Waals surface area (Å²) in [6.07, 6.45) is 2.29. The zero-order chi connectivity index (χ0) is 24.5. The van der Waals surface area contributed by atoms with E-state index < -0.39 is 18.1 Å². The van der Waals surface area contributed by atoms with Crippen molar-refractivity contribution in [3.63, 3.8) is 0 Å². The first-order valence-corrected chi connectivity index (χ1v) is 12.1. The topological polar surface area (TPSA) is 77.9 Å². The average molecular weight is 489 g/mol. The van der Waals surface area contributed by atoms with Gasteiger partial charge in [0.05, 0.1) is 11.7 Å². The summed E-state index contributed by atoms with van der Waals surface area (Å²) >= 11 is 6.40. The predicted octanol–water partition coefficient (Wildman–Crippen LogP) is 5.56. The SMILES string of the molecule is O=C(O)[C@@H]1CC[C@H](c2ccccc2Cl)N1C(=O)c1ccc(-c2ccccc2N2CCCC2=O)cc1. The molecular formula is C28H25ClN2O4. The van der Waals surface area contributed by atoms with Crippen molar-refractivity contribution < 1.29 is 19.5 Å². The molecule has 2 atom stereocenters. The number of halogens is 1. The summed E-state index contributed by atoms with van der Waals surface area (Å²) < 4.78 is 0. The molecule has 2 aliphatic rings. The molecule has 0 unspecified atom stereocenters. The van der Waals surface area contributed by atoms with Gasteiger partial charge in [-0.2, -0.15) is 0 Å². The van der Waals surface area contributed by atoms with Crippen molar-refractivity contribution >= 4 is 35.1 Å². The Labute approximate surface area is 208 Å². The molecule has 5 rings (SSSR count). The normalized spacial score (nSPS) is 19.9. The number of carboxylic acid groups (broad SMARTS) is 1. The van der Waals surface area contributed by atoms with Gasteiger partial charge in [-0.25, -0.2) is 4.79 Å². The van der Waals surface area contributed by atoms with Gasteiger partial charge in [-0.3, -0.25) is 9.59 Å². The zero-order valence-electron chi connectivity index (χ0n) is 19.1. The standard InChI is InChI=1S/C28H25ClN2O4/c29-22-8-3-1-7-21(22)24-15-16-25(28(34)35)31(24)27(33)19-13-11-18(12-14-19)20-6-2-4-9-23(20)30-17-5-10-26(30)32/h1-4,6-9,11-14,24-25H,5,10,15-17H2,(H,34,35)/t24-,25+/m1/s1. The number of carboxylic acids is 1. The molecule has 0 aliphatic carbocycles. The number of benzene rings is 3. The maximum Gasteiger partial charge on any atom is 0.326 e. The van der Waals surface area contributed by atoms with E-state index in [1.54, 1.807) is 18.2 Å². The Kier molecular flexibility index (Phi) is 6.31. The van der Waals surface area contributed by atoms with Gasteiger partial charge in [-0.05, 0) is 54.7 Å². The number of amides is 2. The highest BCUT2D eigenvalue weighted by atomic mass is 35.5. The van der Waals surface area contributed by atoms with Crippen LogP contribution in [0.2, 0.25) is 5.02 Å².